The van der Waals surface area contributed by atoms with Gasteiger partial charge in [-0.25, -0.2) is 4.79 Å². The van der Waals surface area contributed by atoms with Crippen molar-refractivity contribution in [2.24, 2.45) is 5.92 Å². The van der Waals surface area contributed by atoms with Crippen LogP contribution in [-0.4, -0.2) is 17.0 Å². The number of nitrogens with one attached hydrogen (secondary N) is 1. The third-order valence-corrected chi connectivity index (χ3v) is 3.47. The van der Waals surface area contributed by atoms with E-state index in [1.54, 1.807) is 6.07 Å². The molecular formula is C15H20ClNO3. The second-order valence-corrected chi connectivity index (χ2v) is 5.17. The van der Waals surface area contributed by atoms with Gasteiger partial charge < -0.3 is 10.4 Å². The number of aromatic carboxylic acids is 1. The number of amides is 1. The molecule has 0 spiro atoms. The summed E-state index contributed by atoms with van der Waals surface area (Å²) >= 11 is 5.78. The van der Waals surface area contributed by atoms with E-state index in [-0.39, 0.29) is 17.4 Å². The Morgan fingerprint density at radius 3 is 2.60 bits per heavy atom. The van der Waals surface area contributed by atoms with Crippen molar-refractivity contribution < 1.29 is 14.7 Å². The largest absolute Gasteiger partial charge is 0.478 e. The predicted molar refractivity (Wildman–Crippen MR) is 80.3 cm³/mol. The summed E-state index contributed by atoms with van der Waals surface area (Å²) in [4.78, 5) is 23.3. The number of benzene rings is 1. The number of halogens is 1. The summed E-state index contributed by atoms with van der Waals surface area (Å²) in [7, 11) is 0. The zero-order chi connectivity index (χ0) is 15.1. The summed E-state index contributed by atoms with van der Waals surface area (Å²) in [5, 5.41) is 12.2. The highest BCUT2D eigenvalue weighted by molar-refractivity contribution is 6.31. The van der Waals surface area contributed by atoms with Gasteiger partial charge in [-0.3, -0.25) is 4.79 Å². The van der Waals surface area contributed by atoms with Crippen molar-refractivity contribution in [2.45, 2.75) is 39.5 Å². The van der Waals surface area contributed by atoms with Crippen molar-refractivity contribution in [3.8, 4) is 0 Å². The van der Waals surface area contributed by atoms with E-state index in [9.17, 15) is 9.59 Å². The highest BCUT2D eigenvalue weighted by Crippen LogP contribution is 2.22. The molecule has 4 nitrogen and oxygen atoms in total. The summed E-state index contributed by atoms with van der Waals surface area (Å²) in [6.45, 7) is 4.03. The molecule has 1 amide bonds. The Labute approximate surface area is 124 Å². The minimum Gasteiger partial charge on any atom is -0.478 e. The quantitative estimate of drug-likeness (QED) is 0.793. The van der Waals surface area contributed by atoms with Crippen LogP contribution in [0.2, 0.25) is 5.02 Å². The van der Waals surface area contributed by atoms with Gasteiger partial charge in [-0.1, -0.05) is 38.3 Å². The molecule has 1 aromatic carbocycles. The van der Waals surface area contributed by atoms with Crippen molar-refractivity contribution in [2.75, 3.05) is 5.32 Å². The molecule has 2 N–H and O–H groups in total. The lowest BCUT2D eigenvalue weighted by atomic mass is 9.98. The van der Waals surface area contributed by atoms with Gasteiger partial charge in [0, 0.05) is 10.9 Å². The Hall–Kier alpha value is -1.55. The fraction of sp³-hybridized carbons (Fsp3) is 0.467. The summed E-state index contributed by atoms with van der Waals surface area (Å²) in [6.07, 6.45) is 3.57. The molecule has 0 aliphatic carbocycles. The number of hydrogen-bond acceptors (Lipinski definition) is 2. The van der Waals surface area contributed by atoms with Gasteiger partial charge in [-0.15, -0.1) is 0 Å². The normalized spacial score (nSPS) is 11.9. The first-order chi connectivity index (χ1) is 9.49. The molecule has 1 unspecified atom stereocenters. The van der Waals surface area contributed by atoms with Crippen LogP contribution in [0.3, 0.4) is 0 Å². The van der Waals surface area contributed by atoms with Gasteiger partial charge in [-0.05, 0) is 31.0 Å². The Morgan fingerprint density at radius 1 is 1.35 bits per heavy atom. The van der Waals surface area contributed by atoms with Crippen LogP contribution in [0, 0.1) is 5.92 Å². The van der Waals surface area contributed by atoms with Crippen LogP contribution in [0.1, 0.15) is 49.9 Å². The van der Waals surface area contributed by atoms with E-state index >= 15 is 0 Å². The molecule has 0 radical (unpaired) electrons. The molecule has 5 heteroatoms. The second-order valence-electron chi connectivity index (χ2n) is 4.73. The molecule has 0 saturated heterocycles. The van der Waals surface area contributed by atoms with Gasteiger partial charge in [0.25, 0.3) is 0 Å². The Kier molecular flexibility index (Phi) is 6.52. The maximum atomic E-state index is 12.2. The lowest BCUT2D eigenvalue weighted by Gasteiger charge is -2.15. The Bertz CT molecular complexity index is 488. The first kappa shape index (κ1) is 16.5. The molecule has 1 atom stereocenters. The summed E-state index contributed by atoms with van der Waals surface area (Å²) in [5.41, 5.74) is 0.304. The SMILES string of the molecule is CCCCC(CC)C(=O)Nc1ccc(Cl)cc1C(=O)O. The first-order valence-corrected chi connectivity index (χ1v) is 7.21. The number of carbonyl (C=O) groups is 2. The number of carboxylic acid groups (broad SMARTS) is 1. The average molecular weight is 298 g/mol. The predicted octanol–water partition coefficient (Wildman–Crippen LogP) is 4.19. The molecule has 1 aromatic rings. The van der Waals surface area contributed by atoms with E-state index in [0.29, 0.717) is 10.7 Å². The fourth-order valence-electron chi connectivity index (χ4n) is 2.01. The maximum absolute atomic E-state index is 12.2. The van der Waals surface area contributed by atoms with Crippen molar-refractivity contribution in [1.29, 1.82) is 0 Å². The maximum Gasteiger partial charge on any atom is 0.337 e. The molecular weight excluding hydrogens is 278 g/mol. The van der Waals surface area contributed by atoms with Crippen molar-refractivity contribution in [1.82, 2.24) is 0 Å². The zero-order valence-corrected chi connectivity index (χ0v) is 12.5. The van der Waals surface area contributed by atoms with E-state index in [2.05, 4.69) is 12.2 Å². The molecule has 0 aliphatic heterocycles. The fourth-order valence-corrected chi connectivity index (χ4v) is 2.18. The standard InChI is InChI=1S/C15H20ClNO3/c1-3-5-6-10(4-2)14(18)17-13-8-7-11(16)9-12(13)15(19)20/h7-10H,3-6H2,1-2H3,(H,17,18)(H,19,20). The molecule has 0 aromatic heterocycles. The van der Waals surface area contributed by atoms with Gasteiger partial charge in [0.1, 0.15) is 0 Å². The molecule has 0 bridgehead atoms. The smallest absolute Gasteiger partial charge is 0.337 e. The highest BCUT2D eigenvalue weighted by Gasteiger charge is 2.19. The minimum atomic E-state index is -1.11. The van der Waals surface area contributed by atoms with Gasteiger partial charge in [-0.2, -0.15) is 0 Å². The molecule has 0 saturated carbocycles. The van der Waals surface area contributed by atoms with Crippen LogP contribution >= 0.6 is 11.6 Å². The highest BCUT2D eigenvalue weighted by atomic mass is 35.5. The third-order valence-electron chi connectivity index (χ3n) is 3.24. The second kappa shape index (κ2) is 7.90. The molecule has 0 heterocycles. The summed E-state index contributed by atoms with van der Waals surface area (Å²) in [6, 6.07) is 4.43. The van der Waals surface area contributed by atoms with Crippen LogP contribution in [-0.2, 0) is 4.79 Å². The number of carboxylic acids is 1. The lowest BCUT2D eigenvalue weighted by molar-refractivity contribution is -0.120. The first-order valence-electron chi connectivity index (χ1n) is 6.83. The van der Waals surface area contributed by atoms with Crippen LogP contribution in [0.25, 0.3) is 0 Å². The Morgan fingerprint density at radius 2 is 2.05 bits per heavy atom. The Balaban J connectivity index is 2.86. The third kappa shape index (κ3) is 4.53. The van der Waals surface area contributed by atoms with E-state index < -0.39 is 5.97 Å². The van der Waals surface area contributed by atoms with Crippen LogP contribution in [0.15, 0.2) is 18.2 Å². The van der Waals surface area contributed by atoms with Gasteiger partial charge in [0.15, 0.2) is 0 Å². The molecule has 0 aliphatic rings. The minimum absolute atomic E-state index is 0.0104. The number of hydrogen-bond donors (Lipinski definition) is 2. The van der Waals surface area contributed by atoms with Crippen molar-refractivity contribution in [3.63, 3.8) is 0 Å². The molecule has 1 rings (SSSR count). The monoisotopic (exact) mass is 297 g/mol. The number of unbranched alkanes of at least 4 members (excludes halogenated alkanes) is 1. The molecule has 20 heavy (non-hydrogen) atoms. The average Bonchev–Trinajstić information content (AvgIpc) is 2.41. The van der Waals surface area contributed by atoms with E-state index in [1.165, 1.54) is 12.1 Å². The van der Waals surface area contributed by atoms with Gasteiger partial charge in [0.2, 0.25) is 5.91 Å². The topological polar surface area (TPSA) is 66.4 Å². The number of rotatable bonds is 7. The zero-order valence-electron chi connectivity index (χ0n) is 11.8. The lowest BCUT2D eigenvalue weighted by Crippen LogP contribution is -2.23. The van der Waals surface area contributed by atoms with Crippen molar-refractivity contribution >= 4 is 29.2 Å². The molecule has 0 fully saturated rings. The molecule has 110 valence electrons. The van der Waals surface area contributed by atoms with Crippen LogP contribution in [0.5, 0.6) is 0 Å². The van der Waals surface area contributed by atoms with Crippen LogP contribution < -0.4 is 5.32 Å². The summed E-state index contributed by atoms with van der Waals surface area (Å²) in [5.74, 6) is -1.33. The summed E-state index contributed by atoms with van der Waals surface area (Å²) < 4.78 is 0. The number of anilines is 1. The van der Waals surface area contributed by atoms with Crippen LogP contribution in [0.4, 0.5) is 5.69 Å². The number of carbonyl (C=O) groups excluding carboxylic acids is 1. The van der Waals surface area contributed by atoms with Gasteiger partial charge in [0.05, 0.1) is 11.3 Å². The van der Waals surface area contributed by atoms with E-state index in [4.69, 9.17) is 16.7 Å². The van der Waals surface area contributed by atoms with E-state index in [1.807, 2.05) is 6.92 Å². The van der Waals surface area contributed by atoms with Crippen molar-refractivity contribution in [3.05, 3.63) is 28.8 Å². The van der Waals surface area contributed by atoms with E-state index in [0.717, 1.165) is 25.7 Å². The van der Waals surface area contributed by atoms with Gasteiger partial charge >= 0.3 is 5.97 Å².